The average molecular weight is 319 g/mol. The minimum absolute atomic E-state index is 0.0344. The summed E-state index contributed by atoms with van der Waals surface area (Å²) in [4.78, 5) is 14.7. The SMILES string of the molecule is COC(=O)C(CSC1CN2CCC1CC2)Cc1ccccc1. The van der Waals surface area contributed by atoms with E-state index < -0.39 is 0 Å². The number of benzene rings is 1. The van der Waals surface area contributed by atoms with Crippen LogP contribution >= 0.6 is 11.8 Å². The van der Waals surface area contributed by atoms with Crippen LogP contribution in [-0.4, -0.2) is 48.6 Å². The summed E-state index contributed by atoms with van der Waals surface area (Å²) >= 11 is 1.99. The van der Waals surface area contributed by atoms with Crippen LogP contribution in [0.1, 0.15) is 18.4 Å². The van der Waals surface area contributed by atoms with Gasteiger partial charge in [-0.1, -0.05) is 30.3 Å². The first kappa shape index (κ1) is 15.9. The molecule has 0 aliphatic carbocycles. The first-order valence-corrected chi connectivity index (χ1v) is 9.27. The highest BCUT2D eigenvalue weighted by atomic mass is 32.2. The monoisotopic (exact) mass is 319 g/mol. The quantitative estimate of drug-likeness (QED) is 0.754. The molecular formula is C18H25NO2S. The Hall–Kier alpha value is -1.00. The molecule has 3 heterocycles. The van der Waals surface area contributed by atoms with Gasteiger partial charge in [0.25, 0.3) is 0 Å². The van der Waals surface area contributed by atoms with Crippen LogP contribution in [0.25, 0.3) is 0 Å². The van der Waals surface area contributed by atoms with Gasteiger partial charge in [0.1, 0.15) is 0 Å². The van der Waals surface area contributed by atoms with Gasteiger partial charge in [-0.25, -0.2) is 0 Å². The van der Waals surface area contributed by atoms with Crippen molar-refractivity contribution in [2.75, 3.05) is 32.5 Å². The second-order valence-corrected chi connectivity index (χ2v) is 7.69. The Balaban J connectivity index is 1.57. The van der Waals surface area contributed by atoms with Crippen LogP contribution in [0.15, 0.2) is 30.3 Å². The van der Waals surface area contributed by atoms with E-state index in [-0.39, 0.29) is 11.9 Å². The van der Waals surface area contributed by atoms with Gasteiger partial charge in [0.15, 0.2) is 0 Å². The topological polar surface area (TPSA) is 29.5 Å². The smallest absolute Gasteiger partial charge is 0.309 e. The molecule has 3 saturated heterocycles. The summed E-state index contributed by atoms with van der Waals surface area (Å²) in [5, 5.41) is 0.699. The van der Waals surface area contributed by atoms with Crippen LogP contribution in [0.5, 0.6) is 0 Å². The lowest BCUT2D eigenvalue weighted by atomic mass is 9.88. The maximum Gasteiger partial charge on any atom is 0.309 e. The number of methoxy groups -OCH3 is 1. The molecule has 2 unspecified atom stereocenters. The number of nitrogens with zero attached hydrogens (tertiary/aromatic N) is 1. The van der Waals surface area contributed by atoms with Crippen molar-refractivity contribution in [3.05, 3.63) is 35.9 Å². The zero-order valence-corrected chi connectivity index (χ0v) is 14.1. The van der Waals surface area contributed by atoms with E-state index >= 15 is 0 Å². The van der Waals surface area contributed by atoms with Crippen molar-refractivity contribution < 1.29 is 9.53 Å². The summed E-state index contributed by atoms with van der Waals surface area (Å²) in [5.41, 5.74) is 1.22. The van der Waals surface area contributed by atoms with Gasteiger partial charge in [0.05, 0.1) is 13.0 Å². The Morgan fingerprint density at radius 2 is 2.05 bits per heavy atom. The predicted molar refractivity (Wildman–Crippen MR) is 91.1 cm³/mol. The number of carbonyl (C=O) groups is 1. The van der Waals surface area contributed by atoms with Crippen molar-refractivity contribution in [1.82, 2.24) is 4.90 Å². The Labute approximate surface area is 137 Å². The third kappa shape index (κ3) is 3.85. The number of esters is 1. The standard InChI is InChI=1S/C18H25NO2S/c1-21-18(20)16(11-14-5-3-2-4-6-14)13-22-17-12-19-9-7-15(17)8-10-19/h2-6,15-17H,7-13H2,1H3. The minimum atomic E-state index is -0.0716. The van der Waals surface area contributed by atoms with E-state index in [0.717, 1.165) is 18.1 Å². The Bertz CT molecular complexity index is 485. The lowest BCUT2D eigenvalue weighted by Crippen LogP contribution is -2.49. The van der Waals surface area contributed by atoms with E-state index in [0.29, 0.717) is 5.25 Å². The third-order valence-electron chi connectivity index (χ3n) is 4.97. The molecule has 2 bridgehead atoms. The molecule has 3 fully saturated rings. The van der Waals surface area contributed by atoms with Crippen molar-refractivity contribution in [2.24, 2.45) is 11.8 Å². The number of rotatable bonds is 6. The number of thioether (sulfide) groups is 1. The van der Waals surface area contributed by atoms with Crippen molar-refractivity contribution in [2.45, 2.75) is 24.5 Å². The van der Waals surface area contributed by atoms with Crippen molar-refractivity contribution in [1.29, 1.82) is 0 Å². The average Bonchev–Trinajstić information content (AvgIpc) is 2.60. The van der Waals surface area contributed by atoms with Gasteiger partial charge in [-0.05, 0) is 43.8 Å². The fourth-order valence-corrected chi connectivity index (χ4v) is 5.21. The third-order valence-corrected chi connectivity index (χ3v) is 6.52. The molecule has 3 aliphatic heterocycles. The largest absolute Gasteiger partial charge is 0.469 e. The lowest BCUT2D eigenvalue weighted by Gasteiger charge is -2.44. The molecule has 1 aromatic rings. The number of hydrogen-bond donors (Lipinski definition) is 0. The van der Waals surface area contributed by atoms with Crippen LogP contribution in [0.2, 0.25) is 0 Å². The molecule has 3 aliphatic rings. The summed E-state index contributed by atoms with van der Waals surface area (Å²) in [6, 6.07) is 10.3. The number of ether oxygens (including phenoxy) is 1. The molecule has 0 amide bonds. The van der Waals surface area contributed by atoms with E-state index in [2.05, 4.69) is 17.0 Å². The lowest BCUT2D eigenvalue weighted by molar-refractivity contribution is -0.144. The van der Waals surface area contributed by atoms with Crippen molar-refractivity contribution >= 4 is 17.7 Å². The molecule has 22 heavy (non-hydrogen) atoms. The second-order valence-electron chi connectivity index (χ2n) is 6.42. The number of hydrogen-bond acceptors (Lipinski definition) is 4. The number of fused-ring (bicyclic) bond motifs is 3. The first-order valence-electron chi connectivity index (χ1n) is 8.22. The summed E-state index contributed by atoms with van der Waals surface area (Å²) in [5.74, 6) is 1.62. The van der Waals surface area contributed by atoms with E-state index in [9.17, 15) is 4.79 Å². The first-order chi connectivity index (χ1) is 10.8. The Kier molecular flexibility index (Phi) is 5.42. The van der Waals surface area contributed by atoms with Crippen LogP contribution in [0, 0.1) is 11.8 Å². The van der Waals surface area contributed by atoms with Crippen LogP contribution < -0.4 is 0 Å². The van der Waals surface area contributed by atoms with Gasteiger partial charge in [0, 0.05) is 17.5 Å². The highest BCUT2D eigenvalue weighted by Gasteiger charge is 2.35. The number of carbonyl (C=O) groups excluding carboxylic acids is 1. The molecule has 0 aromatic heterocycles. The van der Waals surface area contributed by atoms with Gasteiger partial charge >= 0.3 is 5.97 Å². The summed E-state index contributed by atoms with van der Waals surface area (Å²) in [6.07, 6.45) is 3.44. The molecule has 2 atom stereocenters. The van der Waals surface area contributed by atoms with E-state index in [1.807, 2.05) is 30.0 Å². The van der Waals surface area contributed by atoms with E-state index in [1.165, 1.54) is 45.1 Å². The van der Waals surface area contributed by atoms with Crippen molar-refractivity contribution in [3.8, 4) is 0 Å². The predicted octanol–water partition coefficient (Wildman–Crippen LogP) is 2.85. The molecular weight excluding hydrogens is 294 g/mol. The van der Waals surface area contributed by atoms with Crippen molar-refractivity contribution in [3.63, 3.8) is 0 Å². The fourth-order valence-electron chi connectivity index (χ4n) is 3.61. The molecule has 120 valence electrons. The van der Waals surface area contributed by atoms with Gasteiger partial charge in [-0.15, -0.1) is 0 Å². The number of piperidine rings is 3. The molecule has 0 spiro atoms. The van der Waals surface area contributed by atoms with Crippen LogP contribution in [0.3, 0.4) is 0 Å². The molecule has 0 radical (unpaired) electrons. The zero-order chi connectivity index (χ0) is 15.4. The minimum Gasteiger partial charge on any atom is -0.469 e. The molecule has 0 N–H and O–H groups in total. The van der Waals surface area contributed by atoms with Gasteiger partial charge in [-0.3, -0.25) is 4.79 Å². The summed E-state index contributed by atoms with van der Waals surface area (Å²) in [7, 11) is 1.50. The second kappa shape index (κ2) is 7.51. The zero-order valence-electron chi connectivity index (χ0n) is 13.2. The fraction of sp³-hybridized carbons (Fsp3) is 0.611. The van der Waals surface area contributed by atoms with E-state index in [4.69, 9.17) is 4.74 Å². The molecule has 1 aromatic carbocycles. The van der Waals surface area contributed by atoms with Crippen LogP contribution in [0.4, 0.5) is 0 Å². The Morgan fingerprint density at radius 3 is 2.64 bits per heavy atom. The van der Waals surface area contributed by atoms with Crippen LogP contribution in [-0.2, 0) is 16.0 Å². The molecule has 3 nitrogen and oxygen atoms in total. The molecule has 0 saturated carbocycles. The Morgan fingerprint density at radius 1 is 1.32 bits per heavy atom. The molecule has 4 rings (SSSR count). The van der Waals surface area contributed by atoms with Gasteiger partial charge < -0.3 is 9.64 Å². The van der Waals surface area contributed by atoms with E-state index in [1.54, 1.807) is 0 Å². The maximum absolute atomic E-state index is 12.1. The van der Waals surface area contributed by atoms with Gasteiger partial charge in [0.2, 0.25) is 0 Å². The highest BCUT2D eigenvalue weighted by molar-refractivity contribution is 8.00. The normalized spacial score (nSPS) is 28.3. The maximum atomic E-state index is 12.1. The summed E-state index contributed by atoms with van der Waals surface area (Å²) < 4.78 is 5.02. The summed E-state index contributed by atoms with van der Waals surface area (Å²) in [6.45, 7) is 3.74. The molecule has 4 heteroatoms. The van der Waals surface area contributed by atoms with Gasteiger partial charge in [-0.2, -0.15) is 11.8 Å². The highest BCUT2D eigenvalue weighted by Crippen LogP contribution is 2.36.